The van der Waals surface area contributed by atoms with Crippen molar-refractivity contribution in [1.29, 1.82) is 0 Å². The number of carbonyl (C=O) groups is 2. The summed E-state index contributed by atoms with van der Waals surface area (Å²) in [4.78, 5) is 27.1. The summed E-state index contributed by atoms with van der Waals surface area (Å²) in [6, 6.07) is -0.268. The highest BCUT2D eigenvalue weighted by atomic mass is 35.5. The summed E-state index contributed by atoms with van der Waals surface area (Å²) in [7, 11) is 0. The Balaban J connectivity index is 0.00000162. The number of hydrogen-bond donors (Lipinski definition) is 2. The molecule has 0 aliphatic carbocycles. The van der Waals surface area contributed by atoms with Crippen molar-refractivity contribution in [3.63, 3.8) is 0 Å². The van der Waals surface area contributed by atoms with Gasteiger partial charge in [0.15, 0.2) is 0 Å². The van der Waals surface area contributed by atoms with Crippen molar-refractivity contribution in [2.45, 2.75) is 19.4 Å². The van der Waals surface area contributed by atoms with Crippen molar-refractivity contribution in [2.24, 2.45) is 0 Å². The fourth-order valence-electron chi connectivity index (χ4n) is 2.20. The summed E-state index contributed by atoms with van der Waals surface area (Å²) in [5.41, 5.74) is -0.749. The van der Waals surface area contributed by atoms with E-state index in [1.165, 1.54) is 4.90 Å². The van der Waals surface area contributed by atoms with Crippen LogP contribution in [0, 0.1) is 0 Å². The third-order valence-electron chi connectivity index (χ3n) is 3.29. The van der Waals surface area contributed by atoms with Crippen LogP contribution in [0.1, 0.15) is 13.8 Å². The second-order valence-electron chi connectivity index (χ2n) is 5.10. The van der Waals surface area contributed by atoms with Gasteiger partial charge >= 0.3 is 6.03 Å². The predicted octanol–water partition coefficient (Wildman–Crippen LogP) is 0.0656. The maximum absolute atomic E-state index is 11.9. The maximum Gasteiger partial charge on any atom is 0.325 e. The first-order chi connectivity index (χ1) is 8.00. The van der Waals surface area contributed by atoms with Gasteiger partial charge in [-0.15, -0.1) is 24.8 Å². The van der Waals surface area contributed by atoms with Gasteiger partial charge in [0.2, 0.25) is 0 Å². The van der Waals surface area contributed by atoms with Crippen LogP contribution in [0.2, 0.25) is 0 Å². The summed E-state index contributed by atoms with van der Waals surface area (Å²) in [6.07, 6.45) is 0. The minimum atomic E-state index is -0.749. The van der Waals surface area contributed by atoms with Gasteiger partial charge in [-0.25, -0.2) is 4.79 Å². The lowest BCUT2D eigenvalue weighted by Crippen LogP contribution is -2.47. The Bertz CT molecular complexity index is 333. The molecule has 0 bridgehead atoms. The van der Waals surface area contributed by atoms with Gasteiger partial charge < -0.3 is 10.6 Å². The fraction of sp³-hybridized carbons (Fsp3) is 0.818. The molecule has 112 valence electrons. The molecule has 19 heavy (non-hydrogen) atoms. The van der Waals surface area contributed by atoms with Crippen molar-refractivity contribution in [3.8, 4) is 0 Å². The molecular weight excluding hydrogens is 291 g/mol. The third kappa shape index (κ3) is 4.21. The highest BCUT2D eigenvalue weighted by molar-refractivity contribution is 6.06. The first-order valence-electron chi connectivity index (χ1n) is 6.08. The number of nitrogens with zero attached hydrogens (tertiary/aromatic N) is 2. The van der Waals surface area contributed by atoms with Crippen LogP contribution in [-0.4, -0.2) is 66.5 Å². The Morgan fingerprint density at radius 2 is 1.68 bits per heavy atom. The van der Waals surface area contributed by atoms with Gasteiger partial charge in [-0.3, -0.25) is 14.6 Å². The molecule has 2 N–H and O–H groups in total. The van der Waals surface area contributed by atoms with Crippen LogP contribution in [0.25, 0.3) is 0 Å². The van der Waals surface area contributed by atoms with Crippen LogP contribution in [0.5, 0.6) is 0 Å². The fourth-order valence-corrected chi connectivity index (χ4v) is 2.20. The highest BCUT2D eigenvalue weighted by Crippen LogP contribution is 2.16. The van der Waals surface area contributed by atoms with Crippen molar-refractivity contribution in [2.75, 3.05) is 39.3 Å². The Kier molecular flexibility index (Phi) is 7.07. The molecule has 8 heteroatoms. The van der Waals surface area contributed by atoms with E-state index in [1.807, 2.05) is 0 Å². The molecule has 2 aliphatic rings. The molecule has 0 aromatic heterocycles. The molecular formula is C11H22Cl2N4O2. The summed E-state index contributed by atoms with van der Waals surface area (Å²) in [5, 5.41) is 5.96. The molecule has 6 nitrogen and oxygen atoms in total. The number of piperazine rings is 1. The molecule has 2 rings (SSSR count). The van der Waals surface area contributed by atoms with Gasteiger partial charge in [0.1, 0.15) is 5.54 Å². The van der Waals surface area contributed by atoms with Gasteiger partial charge in [-0.1, -0.05) is 0 Å². The minimum absolute atomic E-state index is 0. The lowest BCUT2D eigenvalue weighted by molar-refractivity contribution is -0.130. The second kappa shape index (κ2) is 7.28. The van der Waals surface area contributed by atoms with Crippen LogP contribution >= 0.6 is 24.8 Å². The number of carbonyl (C=O) groups excluding carboxylic acids is 2. The maximum atomic E-state index is 11.9. The molecule has 3 amide bonds. The van der Waals surface area contributed by atoms with E-state index < -0.39 is 5.54 Å². The molecule has 2 heterocycles. The van der Waals surface area contributed by atoms with Crippen LogP contribution in [-0.2, 0) is 4.79 Å². The Hall–Kier alpha value is -0.560. The predicted molar refractivity (Wildman–Crippen MR) is 78.1 cm³/mol. The molecule has 2 fully saturated rings. The molecule has 0 aromatic carbocycles. The molecule has 2 aliphatic heterocycles. The molecule has 0 unspecified atom stereocenters. The van der Waals surface area contributed by atoms with Crippen LogP contribution in [0.15, 0.2) is 0 Å². The summed E-state index contributed by atoms with van der Waals surface area (Å²) in [6.45, 7) is 8.62. The minimum Gasteiger partial charge on any atom is -0.324 e. The van der Waals surface area contributed by atoms with Crippen molar-refractivity contribution < 1.29 is 9.59 Å². The van der Waals surface area contributed by atoms with E-state index in [1.54, 1.807) is 13.8 Å². The van der Waals surface area contributed by atoms with Crippen LogP contribution < -0.4 is 10.6 Å². The number of hydrogen-bond acceptors (Lipinski definition) is 4. The SMILES string of the molecule is CC1(C)NC(=O)N(CCN2CCNCC2)C1=O.Cl.Cl. The van der Waals surface area contributed by atoms with E-state index in [2.05, 4.69) is 15.5 Å². The Morgan fingerprint density at radius 3 is 2.16 bits per heavy atom. The molecule has 0 atom stereocenters. The first-order valence-corrected chi connectivity index (χ1v) is 6.08. The van der Waals surface area contributed by atoms with E-state index in [0.29, 0.717) is 6.54 Å². The normalized spacial score (nSPS) is 22.5. The molecule has 0 spiro atoms. The summed E-state index contributed by atoms with van der Waals surface area (Å²) >= 11 is 0. The van der Waals surface area contributed by atoms with E-state index in [-0.39, 0.29) is 36.8 Å². The van der Waals surface area contributed by atoms with Gasteiger partial charge in [0.25, 0.3) is 5.91 Å². The number of imide groups is 1. The smallest absolute Gasteiger partial charge is 0.324 e. The van der Waals surface area contributed by atoms with E-state index >= 15 is 0 Å². The summed E-state index contributed by atoms with van der Waals surface area (Å²) < 4.78 is 0. The zero-order valence-corrected chi connectivity index (χ0v) is 12.9. The highest BCUT2D eigenvalue weighted by Gasteiger charge is 2.43. The van der Waals surface area contributed by atoms with Crippen LogP contribution in [0.3, 0.4) is 0 Å². The number of amides is 3. The number of halogens is 2. The molecule has 2 saturated heterocycles. The average Bonchev–Trinajstić information content (AvgIpc) is 2.48. The van der Waals surface area contributed by atoms with E-state index in [0.717, 1.165) is 32.7 Å². The Morgan fingerprint density at radius 1 is 1.11 bits per heavy atom. The standard InChI is InChI=1S/C11H20N4O2.2ClH/c1-11(2)9(16)15(10(17)13-11)8-7-14-5-3-12-4-6-14;;/h12H,3-8H2,1-2H3,(H,13,17);2*1H. The third-order valence-corrected chi connectivity index (χ3v) is 3.29. The van der Waals surface area contributed by atoms with Gasteiger partial charge in [-0.05, 0) is 13.8 Å². The number of nitrogens with one attached hydrogen (secondary N) is 2. The monoisotopic (exact) mass is 312 g/mol. The van der Waals surface area contributed by atoms with Gasteiger partial charge in [0, 0.05) is 39.3 Å². The zero-order valence-electron chi connectivity index (χ0n) is 11.3. The summed E-state index contributed by atoms with van der Waals surface area (Å²) in [5.74, 6) is -0.127. The number of urea groups is 1. The lowest BCUT2D eigenvalue weighted by Gasteiger charge is -2.28. The van der Waals surface area contributed by atoms with Gasteiger partial charge in [0.05, 0.1) is 0 Å². The second-order valence-corrected chi connectivity index (χ2v) is 5.10. The average molecular weight is 313 g/mol. The quantitative estimate of drug-likeness (QED) is 0.724. The molecule has 0 radical (unpaired) electrons. The van der Waals surface area contributed by atoms with Crippen molar-refractivity contribution in [1.82, 2.24) is 20.4 Å². The number of rotatable bonds is 3. The Labute approximate surface area is 126 Å². The lowest BCUT2D eigenvalue weighted by atomic mass is 10.1. The molecule has 0 saturated carbocycles. The van der Waals surface area contributed by atoms with Crippen molar-refractivity contribution >= 4 is 36.8 Å². The largest absolute Gasteiger partial charge is 0.325 e. The zero-order chi connectivity index (χ0) is 12.5. The van der Waals surface area contributed by atoms with E-state index in [4.69, 9.17) is 0 Å². The van der Waals surface area contributed by atoms with Crippen LogP contribution in [0.4, 0.5) is 4.79 Å². The van der Waals surface area contributed by atoms with Gasteiger partial charge in [-0.2, -0.15) is 0 Å². The topological polar surface area (TPSA) is 64.7 Å². The van der Waals surface area contributed by atoms with Crippen molar-refractivity contribution in [3.05, 3.63) is 0 Å². The van der Waals surface area contributed by atoms with E-state index in [9.17, 15) is 9.59 Å². The molecule has 0 aromatic rings. The first kappa shape index (κ1) is 18.4.